The van der Waals surface area contributed by atoms with Gasteiger partial charge in [0.2, 0.25) is 0 Å². The first-order valence-corrected chi connectivity index (χ1v) is 7.54. The summed E-state index contributed by atoms with van der Waals surface area (Å²) in [6, 6.07) is 3.98. The molecule has 3 nitrogen and oxygen atoms in total. The van der Waals surface area contributed by atoms with Crippen LogP contribution in [-0.2, 0) is 0 Å². The highest BCUT2D eigenvalue weighted by Gasteiger charge is 2.38. The Hall–Kier alpha value is -1.49. The number of hydrogen-bond donors (Lipinski definition) is 0. The lowest BCUT2D eigenvalue weighted by atomic mass is 10.0. The maximum atomic E-state index is 13.3. The molecule has 114 valence electrons. The van der Waals surface area contributed by atoms with Gasteiger partial charge in [0, 0.05) is 24.2 Å². The summed E-state index contributed by atoms with van der Waals surface area (Å²) in [5.74, 6) is -2.06. The van der Waals surface area contributed by atoms with E-state index in [1.807, 2.05) is 4.90 Å². The second-order valence-electron chi connectivity index (χ2n) is 6.03. The van der Waals surface area contributed by atoms with Crippen molar-refractivity contribution < 1.29 is 13.6 Å². The van der Waals surface area contributed by atoms with Crippen molar-refractivity contribution in [3.63, 3.8) is 0 Å². The van der Waals surface area contributed by atoms with Crippen LogP contribution in [0.1, 0.15) is 36.0 Å². The highest BCUT2D eigenvalue weighted by atomic mass is 19.2. The van der Waals surface area contributed by atoms with Crippen LogP contribution in [0, 0.1) is 11.6 Å². The van der Waals surface area contributed by atoms with Gasteiger partial charge < -0.3 is 9.80 Å². The van der Waals surface area contributed by atoms with Crippen molar-refractivity contribution in [2.24, 2.45) is 0 Å². The van der Waals surface area contributed by atoms with Gasteiger partial charge in [-0.3, -0.25) is 4.79 Å². The molecule has 1 aromatic rings. The lowest BCUT2D eigenvalue weighted by Gasteiger charge is -2.33. The minimum atomic E-state index is -0.963. The Kier molecular flexibility index (Phi) is 3.93. The third kappa shape index (κ3) is 2.67. The van der Waals surface area contributed by atoms with Crippen molar-refractivity contribution in [1.82, 2.24) is 9.80 Å². The molecule has 1 amide bonds. The van der Waals surface area contributed by atoms with E-state index in [9.17, 15) is 13.6 Å². The first-order valence-electron chi connectivity index (χ1n) is 7.54. The molecule has 0 unspecified atom stereocenters. The molecule has 0 aromatic heterocycles. The number of halogens is 2. The summed E-state index contributed by atoms with van der Waals surface area (Å²) >= 11 is 0. The molecule has 0 radical (unpaired) electrons. The standard InChI is InChI=1S/C16H20F2N2O/c1-19-8-2-4-14(19)15-5-3-9-20(15)16(21)11-6-7-12(17)13(18)10-11/h6-7,10,14-15H,2-5,8-9H2,1H3/t14-,15+/m0/s1. The molecule has 0 saturated carbocycles. The molecular formula is C16H20F2N2O. The molecule has 0 aliphatic carbocycles. The molecule has 0 bridgehead atoms. The smallest absolute Gasteiger partial charge is 0.254 e. The van der Waals surface area contributed by atoms with E-state index in [1.54, 1.807) is 0 Å². The van der Waals surface area contributed by atoms with Crippen LogP contribution >= 0.6 is 0 Å². The fourth-order valence-electron chi connectivity index (χ4n) is 3.66. The lowest BCUT2D eigenvalue weighted by molar-refractivity contribution is 0.0664. The number of benzene rings is 1. The molecule has 2 aliphatic heterocycles. The van der Waals surface area contributed by atoms with Crippen LogP contribution in [0.4, 0.5) is 8.78 Å². The molecule has 5 heteroatoms. The first-order chi connectivity index (χ1) is 10.1. The Morgan fingerprint density at radius 2 is 1.81 bits per heavy atom. The Labute approximate surface area is 123 Å². The van der Waals surface area contributed by atoms with E-state index >= 15 is 0 Å². The average molecular weight is 294 g/mol. The first kappa shape index (κ1) is 14.4. The lowest BCUT2D eigenvalue weighted by Crippen LogP contribution is -2.47. The molecule has 1 aromatic carbocycles. The second-order valence-corrected chi connectivity index (χ2v) is 6.03. The van der Waals surface area contributed by atoms with E-state index in [0.29, 0.717) is 12.6 Å². The van der Waals surface area contributed by atoms with Gasteiger partial charge in [0.1, 0.15) is 0 Å². The number of amides is 1. The SMILES string of the molecule is CN1CCC[C@H]1[C@H]1CCCN1C(=O)c1ccc(F)c(F)c1. The summed E-state index contributed by atoms with van der Waals surface area (Å²) in [5.41, 5.74) is 0.237. The van der Waals surface area contributed by atoms with Gasteiger partial charge in [0.25, 0.3) is 5.91 Å². The molecule has 2 heterocycles. The number of hydrogen-bond acceptors (Lipinski definition) is 2. The van der Waals surface area contributed by atoms with Gasteiger partial charge in [-0.05, 0) is 57.5 Å². The molecule has 2 aliphatic rings. The van der Waals surface area contributed by atoms with E-state index in [-0.39, 0.29) is 17.5 Å². The zero-order valence-corrected chi connectivity index (χ0v) is 12.2. The van der Waals surface area contributed by atoms with E-state index in [0.717, 1.165) is 44.4 Å². The zero-order chi connectivity index (χ0) is 15.0. The summed E-state index contributed by atoms with van der Waals surface area (Å²) in [7, 11) is 2.09. The van der Waals surface area contributed by atoms with Crippen LogP contribution in [0.15, 0.2) is 18.2 Å². The van der Waals surface area contributed by atoms with Gasteiger partial charge in [0.05, 0.1) is 0 Å². The fourth-order valence-corrected chi connectivity index (χ4v) is 3.66. The van der Waals surface area contributed by atoms with Gasteiger partial charge >= 0.3 is 0 Å². The van der Waals surface area contributed by atoms with E-state index < -0.39 is 11.6 Å². The molecule has 2 atom stereocenters. The molecule has 2 fully saturated rings. The average Bonchev–Trinajstić information content (AvgIpc) is 3.09. The predicted octanol–water partition coefficient (Wildman–Crippen LogP) is 2.66. The Morgan fingerprint density at radius 1 is 1.10 bits per heavy atom. The minimum absolute atomic E-state index is 0.184. The maximum absolute atomic E-state index is 13.3. The Morgan fingerprint density at radius 3 is 2.48 bits per heavy atom. The van der Waals surface area contributed by atoms with Crippen molar-refractivity contribution in [2.45, 2.75) is 37.8 Å². The van der Waals surface area contributed by atoms with Crippen molar-refractivity contribution in [3.8, 4) is 0 Å². The van der Waals surface area contributed by atoms with Crippen LogP contribution in [0.25, 0.3) is 0 Å². The predicted molar refractivity (Wildman–Crippen MR) is 76.1 cm³/mol. The maximum Gasteiger partial charge on any atom is 0.254 e. The van der Waals surface area contributed by atoms with E-state index in [2.05, 4.69) is 11.9 Å². The van der Waals surface area contributed by atoms with Crippen LogP contribution < -0.4 is 0 Å². The number of nitrogens with zero attached hydrogens (tertiary/aromatic N) is 2. The largest absolute Gasteiger partial charge is 0.334 e. The number of likely N-dealkylation sites (tertiary alicyclic amines) is 2. The third-order valence-corrected chi connectivity index (χ3v) is 4.75. The summed E-state index contributed by atoms with van der Waals surface area (Å²) in [6.45, 7) is 1.77. The van der Waals surface area contributed by atoms with Gasteiger partial charge in [-0.2, -0.15) is 0 Å². The summed E-state index contributed by atoms with van der Waals surface area (Å²) in [5, 5.41) is 0. The molecule has 2 saturated heterocycles. The monoisotopic (exact) mass is 294 g/mol. The Bertz CT molecular complexity index is 549. The summed E-state index contributed by atoms with van der Waals surface area (Å²) in [6.07, 6.45) is 4.22. The normalized spacial score (nSPS) is 26.5. The topological polar surface area (TPSA) is 23.6 Å². The zero-order valence-electron chi connectivity index (χ0n) is 12.2. The van der Waals surface area contributed by atoms with Crippen LogP contribution in [0.2, 0.25) is 0 Å². The van der Waals surface area contributed by atoms with Gasteiger partial charge in [0.15, 0.2) is 11.6 Å². The molecule has 3 rings (SSSR count). The summed E-state index contributed by atoms with van der Waals surface area (Å²) < 4.78 is 26.3. The number of rotatable bonds is 2. The Balaban J connectivity index is 1.81. The second kappa shape index (κ2) is 5.72. The molecule has 0 spiro atoms. The van der Waals surface area contributed by atoms with Gasteiger partial charge in [-0.1, -0.05) is 0 Å². The van der Waals surface area contributed by atoms with Crippen molar-refractivity contribution >= 4 is 5.91 Å². The van der Waals surface area contributed by atoms with E-state index in [4.69, 9.17) is 0 Å². The van der Waals surface area contributed by atoms with Crippen LogP contribution in [0.3, 0.4) is 0 Å². The van der Waals surface area contributed by atoms with Crippen molar-refractivity contribution in [3.05, 3.63) is 35.4 Å². The van der Waals surface area contributed by atoms with Gasteiger partial charge in [-0.15, -0.1) is 0 Å². The quantitative estimate of drug-likeness (QED) is 0.837. The highest BCUT2D eigenvalue weighted by molar-refractivity contribution is 5.94. The van der Waals surface area contributed by atoms with Gasteiger partial charge in [-0.25, -0.2) is 8.78 Å². The number of likely N-dealkylation sites (N-methyl/N-ethyl adjacent to an activating group) is 1. The summed E-state index contributed by atoms with van der Waals surface area (Å²) in [4.78, 5) is 16.8. The molecule has 21 heavy (non-hydrogen) atoms. The van der Waals surface area contributed by atoms with Crippen LogP contribution in [0.5, 0.6) is 0 Å². The number of carbonyl (C=O) groups is 1. The van der Waals surface area contributed by atoms with Crippen molar-refractivity contribution in [1.29, 1.82) is 0 Å². The molecule has 0 N–H and O–H groups in total. The third-order valence-electron chi connectivity index (χ3n) is 4.75. The van der Waals surface area contributed by atoms with Crippen LogP contribution in [-0.4, -0.2) is 47.9 Å². The highest BCUT2D eigenvalue weighted by Crippen LogP contribution is 2.30. The molecular weight excluding hydrogens is 274 g/mol. The fraction of sp³-hybridized carbons (Fsp3) is 0.562. The van der Waals surface area contributed by atoms with Crippen molar-refractivity contribution in [2.75, 3.05) is 20.1 Å². The minimum Gasteiger partial charge on any atom is -0.334 e. The number of carbonyl (C=O) groups excluding carboxylic acids is 1. The van der Waals surface area contributed by atoms with E-state index in [1.165, 1.54) is 6.07 Å².